The van der Waals surface area contributed by atoms with Crippen LogP contribution in [0.4, 0.5) is 0 Å². The smallest absolute Gasteiger partial charge is 0.183 e. The number of carbonyl (C=O) groups is 3. The highest BCUT2D eigenvalue weighted by Crippen LogP contribution is 2.23. The summed E-state index contributed by atoms with van der Waals surface area (Å²) < 4.78 is 58.5. The molecule has 0 saturated heterocycles. The lowest BCUT2D eigenvalue weighted by atomic mass is 9.93. The van der Waals surface area contributed by atoms with E-state index >= 15 is 0 Å². The van der Waals surface area contributed by atoms with E-state index in [2.05, 4.69) is 97.2 Å². The van der Waals surface area contributed by atoms with Gasteiger partial charge >= 0.3 is 0 Å². The summed E-state index contributed by atoms with van der Waals surface area (Å²) in [5.41, 5.74) is 1.24. The first-order valence-electron chi connectivity index (χ1n) is 37.3. The highest BCUT2D eigenvalue weighted by atomic mass is 35.5. The van der Waals surface area contributed by atoms with Gasteiger partial charge in [0.15, 0.2) is 40.5 Å². The van der Waals surface area contributed by atoms with Crippen molar-refractivity contribution in [2.75, 3.05) is 228 Å². The maximum atomic E-state index is 11.3. The van der Waals surface area contributed by atoms with Gasteiger partial charge in [0.1, 0.15) is 18.9 Å². The molecule has 0 spiro atoms. The van der Waals surface area contributed by atoms with Crippen LogP contribution in [-0.4, -0.2) is 330 Å². The number of nitrogens with one attached hydrogen (secondary N) is 1. The number of nitrogens with zero attached hydrogens (tertiary/aromatic N) is 7. The minimum Gasteiger partial charge on any atom is -1.00 e. The molecule has 25 heteroatoms. The largest absolute Gasteiger partial charge is 1.00 e. The van der Waals surface area contributed by atoms with Crippen LogP contribution >= 0.6 is 0 Å². The van der Waals surface area contributed by atoms with E-state index < -0.39 is 41.1 Å². The molecule has 0 heterocycles. The van der Waals surface area contributed by atoms with E-state index in [0.717, 1.165) is 54.8 Å². The number of ketones is 3. The molecule has 6 unspecified atom stereocenters. The van der Waals surface area contributed by atoms with Gasteiger partial charge in [-0.25, -0.2) is 0 Å². The van der Waals surface area contributed by atoms with Gasteiger partial charge in [0.2, 0.25) is 0 Å². The van der Waals surface area contributed by atoms with Gasteiger partial charge in [0, 0.05) is 131 Å². The zero-order valence-corrected chi connectivity index (χ0v) is 72.6. The van der Waals surface area contributed by atoms with Crippen LogP contribution in [0.15, 0.2) is 30.3 Å². The maximum Gasteiger partial charge on any atom is 0.183 e. The zero-order chi connectivity index (χ0) is 78.2. The molecule has 1 aromatic rings. The Hall–Kier alpha value is -1.99. The normalized spacial score (nSPS) is 14.2. The number of rotatable bonds is 53. The van der Waals surface area contributed by atoms with Gasteiger partial charge in [0.25, 0.3) is 0 Å². The van der Waals surface area contributed by atoms with Crippen LogP contribution in [0.1, 0.15) is 158 Å². The number of aliphatic hydroxyl groups is 2. The molecule has 0 aliphatic carbocycles. The fraction of sp³-hybridized carbons (Fsp3) is 0.883. The number of hydrogen-bond acceptors (Lipinski definition) is 21. The molecule has 0 aromatic heterocycles. The van der Waals surface area contributed by atoms with Crippen molar-refractivity contribution >= 4 is 17.3 Å². The van der Waals surface area contributed by atoms with Crippen molar-refractivity contribution in [1.29, 1.82) is 0 Å². The SMILES string of the molecule is CC(=O)CN(C)Cc1ccccc1.CC(=O)C[N+](C)(C)CC(C)C(C)C[N+](C)(C)CC(C)=O.CCOC(C)(CN(C)CC(C)C(C)CN(C)CC(C)(OCC)OCC)OCC.CCOC(C)(CN(C)CC(O)C(O)CN(C)CC(C)(OCC)OCC)OCC.CCOC(C)(CNC)OCC.[Cl-].[Cl-]. The molecule has 0 amide bonds. The van der Waals surface area contributed by atoms with E-state index in [-0.39, 0.29) is 42.2 Å². The molecule has 0 aliphatic rings. The van der Waals surface area contributed by atoms with Crippen molar-refractivity contribution in [2.45, 2.75) is 200 Å². The standard InChI is InChI=1S/C22H48N2O4.C20H44N2O6.C16H34N2O2.C11H15NO.C8H19NO2.2ClH/c1-11-25-21(7,26-12-2)17-23(9)15-19(5)20(6)16-24(10)18-22(8,27-13-3)28-14-4;1-9-25-19(5,26-10-2)15-21(7)13-17(23)18(24)14-22(8)16-20(6,27-11-3)28-12-4;1-13(9-17(5,6)11-15(3)19)14(2)10-18(7,8)12-16(4)20;1-10(13)8-12(2)9-11-6-4-3-5-7-11;1-5-10-8(3,7-9-4)11-6-2;;/h19-20H,11-18H2,1-10H3;17-18,23-24H,9-16H2,1-8H3;13-14H,9-12H2,1-8H3;3-7H,8-9H2,1-2H3;9H,5-7H2,1-4H3;2*1H/q;;+2;;;;/p-2. The first-order valence-corrected chi connectivity index (χ1v) is 37.3. The summed E-state index contributed by atoms with van der Waals surface area (Å²) in [5.74, 6) is -0.212. The second-order valence-corrected chi connectivity index (χ2v) is 29.7. The van der Waals surface area contributed by atoms with E-state index in [9.17, 15) is 24.6 Å². The van der Waals surface area contributed by atoms with Gasteiger partial charge in [-0.3, -0.25) is 29.1 Å². The molecule has 0 saturated carbocycles. The van der Waals surface area contributed by atoms with E-state index in [0.29, 0.717) is 142 Å². The predicted molar refractivity (Wildman–Crippen MR) is 409 cm³/mol. The van der Waals surface area contributed by atoms with Gasteiger partial charge < -0.3 is 106 Å². The summed E-state index contributed by atoms with van der Waals surface area (Å²) in [7, 11) is 20.3. The Morgan fingerprint density at radius 2 is 0.657 bits per heavy atom. The number of Topliss-reactive ketones (excluding diaryl/α,β-unsaturated/α-hetero) is 3. The number of hydrogen-bond donors (Lipinski definition) is 3. The Bertz CT molecular complexity index is 1970. The first kappa shape index (κ1) is 111. The quantitative estimate of drug-likeness (QED) is 0.0632. The fourth-order valence-electron chi connectivity index (χ4n) is 13.1. The molecule has 612 valence electrons. The number of halogens is 2. The van der Waals surface area contributed by atoms with Crippen LogP contribution in [0.3, 0.4) is 0 Å². The second kappa shape index (κ2) is 59.9. The van der Waals surface area contributed by atoms with Crippen LogP contribution in [0.2, 0.25) is 0 Å². The van der Waals surface area contributed by atoms with E-state index in [1.807, 2.05) is 165 Å². The van der Waals surface area contributed by atoms with Gasteiger partial charge in [-0.15, -0.1) is 0 Å². The van der Waals surface area contributed by atoms with Crippen LogP contribution < -0.4 is 30.1 Å². The van der Waals surface area contributed by atoms with Gasteiger partial charge in [0.05, 0.1) is 86.2 Å². The van der Waals surface area contributed by atoms with Crippen molar-refractivity contribution in [2.24, 2.45) is 23.7 Å². The highest BCUT2D eigenvalue weighted by Gasteiger charge is 2.34. The highest BCUT2D eigenvalue weighted by molar-refractivity contribution is 5.77. The number of likely N-dealkylation sites (N-methyl/N-ethyl adjacent to an activating group) is 8. The molecule has 6 atom stereocenters. The van der Waals surface area contributed by atoms with E-state index in [1.165, 1.54) is 5.56 Å². The number of ether oxygens (including phenoxy) is 10. The van der Waals surface area contributed by atoms with E-state index in [1.54, 1.807) is 20.8 Å². The lowest BCUT2D eigenvalue weighted by Gasteiger charge is -2.37. The number of benzene rings is 1. The Labute approximate surface area is 637 Å². The summed E-state index contributed by atoms with van der Waals surface area (Å²) in [4.78, 5) is 43.9. The topological polar surface area (TPSA) is 212 Å². The van der Waals surface area contributed by atoms with Crippen molar-refractivity contribution in [3.8, 4) is 0 Å². The molecular formula is C77H160Cl2N8O15. The first-order chi connectivity index (χ1) is 46.3. The van der Waals surface area contributed by atoms with Crippen LogP contribution in [0.5, 0.6) is 0 Å². The molecule has 1 aromatic carbocycles. The molecule has 0 radical (unpaired) electrons. The van der Waals surface area contributed by atoms with E-state index in [4.69, 9.17) is 47.4 Å². The summed E-state index contributed by atoms with van der Waals surface area (Å²) in [6, 6.07) is 10.1. The summed E-state index contributed by atoms with van der Waals surface area (Å²) in [5, 5.41) is 23.9. The average molecular weight is 1510 g/mol. The Morgan fingerprint density at radius 3 is 0.882 bits per heavy atom. The summed E-state index contributed by atoms with van der Waals surface area (Å²) in [6.45, 7) is 59.9. The Kier molecular flexibility index (Phi) is 65.1. The van der Waals surface area contributed by atoms with Gasteiger partial charge in [-0.05, 0) is 170 Å². The molecule has 0 fully saturated rings. The summed E-state index contributed by atoms with van der Waals surface area (Å²) in [6.07, 6.45) is -1.80. The van der Waals surface area contributed by atoms with Gasteiger partial charge in [-0.2, -0.15) is 0 Å². The minimum absolute atomic E-state index is 0. The zero-order valence-electron chi connectivity index (χ0n) is 71.1. The van der Waals surface area contributed by atoms with Crippen LogP contribution in [0.25, 0.3) is 0 Å². The third kappa shape index (κ3) is 58.1. The monoisotopic (exact) mass is 1510 g/mol. The van der Waals surface area contributed by atoms with Crippen molar-refractivity contribution in [3.05, 3.63) is 35.9 Å². The molecule has 0 bridgehead atoms. The van der Waals surface area contributed by atoms with Crippen molar-refractivity contribution < 1.29 is 106 Å². The number of aliphatic hydroxyl groups excluding tert-OH is 2. The van der Waals surface area contributed by atoms with Crippen molar-refractivity contribution in [3.63, 3.8) is 0 Å². The second-order valence-electron chi connectivity index (χ2n) is 29.7. The maximum absolute atomic E-state index is 11.3. The number of carbonyl (C=O) groups excluding carboxylic acids is 3. The molecule has 3 N–H and O–H groups in total. The lowest BCUT2D eigenvalue weighted by molar-refractivity contribution is -0.894. The van der Waals surface area contributed by atoms with Crippen molar-refractivity contribution in [1.82, 2.24) is 29.8 Å². The predicted octanol–water partition coefficient (Wildman–Crippen LogP) is 3.15. The molecule has 1 rings (SSSR count). The molecule has 23 nitrogen and oxygen atoms in total. The minimum atomic E-state index is -0.898. The molecular weight excluding hydrogens is 1350 g/mol. The molecule has 0 aliphatic heterocycles. The van der Waals surface area contributed by atoms with Gasteiger partial charge in [-0.1, -0.05) is 58.0 Å². The summed E-state index contributed by atoms with van der Waals surface area (Å²) >= 11 is 0. The van der Waals surface area contributed by atoms with Crippen LogP contribution in [-0.2, 0) is 68.3 Å². The fourth-order valence-corrected chi connectivity index (χ4v) is 13.1. The Morgan fingerprint density at radius 1 is 0.412 bits per heavy atom. The molecule has 102 heavy (non-hydrogen) atoms. The van der Waals surface area contributed by atoms with Crippen LogP contribution in [0, 0.1) is 23.7 Å². The Balaban J connectivity index is -0.000000292. The third-order valence-electron chi connectivity index (χ3n) is 16.5. The third-order valence-corrected chi connectivity index (χ3v) is 16.5. The lowest BCUT2D eigenvalue weighted by Crippen LogP contribution is -3.00. The number of quaternary nitrogens is 2. The average Bonchev–Trinajstić information content (AvgIpc) is 0.882.